The molecule has 1 heterocycles. The predicted octanol–water partition coefficient (Wildman–Crippen LogP) is 3.53. The Kier molecular flexibility index (Phi) is 4.60. The van der Waals surface area contributed by atoms with E-state index in [1.165, 1.54) is 12.1 Å². The van der Waals surface area contributed by atoms with Crippen molar-refractivity contribution in [2.45, 2.75) is 58.9 Å². The summed E-state index contributed by atoms with van der Waals surface area (Å²) in [7, 11) is 0. The summed E-state index contributed by atoms with van der Waals surface area (Å²) >= 11 is 3.66. The van der Waals surface area contributed by atoms with Gasteiger partial charge in [-0.1, -0.05) is 13.3 Å². The molecule has 0 aliphatic heterocycles. The number of nitrogens with zero attached hydrogens (tertiary/aromatic N) is 2. The van der Waals surface area contributed by atoms with E-state index < -0.39 is 0 Å². The maximum atomic E-state index is 11.9. The van der Waals surface area contributed by atoms with Crippen LogP contribution in [0.25, 0.3) is 0 Å². The standard InChI is InChI=1S/C14H21BrN2O/c1-3-11-14(15)12(17(4-2)16-11)9-10-7-5-6-8-13(10)18/h10H,3-9H2,1-2H3. The van der Waals surface area contributed by atoms with Crippen LogP contribution in [0.1, 0.15) is 50.9 Å². The molecule has 0 N–H and O–H groups in total. The molecule has 0 bridgehead atoms. The molecule has 0 spiro atoms. The molecule has 0 saturated heterocycles. The Hall–Kier alpha value is -0.640. The lowest BCUT2D eigenvalue weighted by Crippen LogP contribution is -2.22. The topological polar surface area (TPSA) is 34.9 Å². The average molecular weight is 313 g/mol. The van der Waals surface area contributed by atoms with E-state index in [1.807, 2.05) is 4.68 Å². The van der Waals surface area contributed by atoms with Crippen LogP contribution in [-0.2, 0) is 24.2 Å². The number of hydrogen-bond acceptors (Lipinski definition) is 2. The third kappa shape index (κ3) is 2.68. The summed E-state index contributed by atoms with van der Waals surface area (Å²) in [6, 6.07) is 0. The molecule has 4 heteroatoms. The first-order valence-corrected chi connectivity index (χ1v) is 7.73. The highest BCUT2D eigenvalue weighted by Gasteiger charge is 2.25. The van der Waals surface area contributed by atoms with E-state index in [9.17, 15) is 4.79 Å². The van der Waals surface area contributed by atoms with E-state index in [4.69, 9.17) is 0 Å². The number of ketones is 1. The Morgan fingerprint density at radius 3 is 2.78 bits per heavy atom. The summed E-state index contributed by atoms with van der Waals surface area (Å²) in [4.78, 5) is 11.9. The van der Waals surface area contributed by atoms with Crippen molar-refractivity contribution >= 4 is 21.7 Å². The van der Waals surface area contributed by atoms with Crippen molar-refractivity contribution in [2.75, 3.05) is 0 Å². The zero-order valence-electron chi connectivity index (χ0n) is 11.2. The smallest absolute Gasteiger partial charge is 0.136 e. The van der Waals surface area contributed by atoms with Crippen molar-refractivity contribution in [1.82, 2.24) is 9.78 Å². The first-order chi connectivity index (χ1) is 8.67. The van der Waals surface area contributed by atoms with E-state index in [1.54, 1.807) is 0 Å². The minimum absolute atomic E-state index is 0.210. The molecule has 1 aliphatic carbocycles. The lowest BCUT2D eigenvalue weighted by Gasteiger charge is -2.20. The Labute approximate surface area is 117 Å². The molecule has 0 aromatic carbocycles. The van der Waals surface area contributed by atoms with Crippen LogP contribution in [0.4, 0.5) is 0 Å². The molecule has 1 aromatic heterocycles. The second-order valence-electron chi connectivity index (χ2n) is 4.99. The molecular formula is C14H21BrN2O. The zero-order chi connectivity index (χ0) is 13.1. The van der Waals surface area contributed by atoms with Crippen molar-refractivity contribution < 1.29 is 4.79 Å². The first kappa shape index (κ1) is 13.8. The van der Waals surface area contributed by atoms with Crippen LogP contribution < -0.4 is 0 Å². The zero-order valence-corrected chi connectivity index (χ0v) is 12.8. The average Bonchev–Trinajstić information content (AvgIpc) is 2.69. The largest absolute Gasteiger partial charge is 0.299 e. The number of carbonyl (C=O) groups is 1. The van der Waals surface area contributed by atoms with Gasteiger partial charge in [0.15, 0.2) is 0 Å². The monoisotopic (exact) mass is 312 g/mol. The normalized spacial score (nSPS) is 20.4. The van der Waals surface area contributed by atoms with Crippen LogP contribution in [0.15, 0.2) is 4.47 Å². The maximum Gasteiger partial charge on any atom is 0.136 e. The molecule has 2 rings (SSSR count). The van der Waals surface area contributed by atoms with Crippen LogP contribution in [-0.4, -0.2) is 15.6 Å². The SMILES string of the molecule is CCc1nn(CC)c(CC2CCCCC2=O)c1Br. The Morgan fingerprint density at radius 1 is 1.39 bits per heavy atom. The van der Waals surface area contributed by atoms with Crippen LogP contribution in [0.5, 0.6) is 0 Å². The number of carbonyl (C=O) groups excluding carboxylic acids is 1. The lowest BCUT2D eigenvalue weighted by atomic mass is 9.85. The lowest BCUT2D eigenvalue weighted by molar-refractivity contribution is -0.124. The summed E-state index contributed by atoms with van der Waals surface area (Å²) in [5.74, 6) is 0.650. The first-order valence-electron chi connectivity index (χ1n) is 6.94. The fourth-order valence-corrected chi connectivity index (χ4v) is 3.44. The van der Waals surface area contributed by atoms with Crippen molar-refractivity contribution in [3.05, 3.63) is 15.9 Å². The van der Waals surface area contributed by atoms with E-state index >= 15 is 0 Å². The number of rotatable bonds is 4. The minimum atomic E-state index is 0.210. The molecule has 1 saturated carbocycles. The van der Waals surface area contributed by atoms with E-state index in [-0.39, 0.29) is 5.92 Å². The molecule has 3 nitrogen and oxygen atoms in total. The molecule has 1 unspecified atom stereocenters. The highest BCUT2D eigenvalue weighted by molar-refractivity contribution is 9.10. The van der Waals surface area contributed by atoms with Gasteiger partial charge in [0.2, 0.25) is 0 Å². The minimum Gasteiger partial charge on any atom is -0.299 e. The fourth-order valence-electron chi connectivity index (χ4n) is 2.72. The van der Waals surface area contributed by atoms with Crippen LogP contribution >= 0.6 is 15.9 Å². The summed E-state index contributed by atoms with van der Waals surface area (Å²) in [5.41, 5.74) is 2.31. The maximum absolute atomic E-state index is 11.9. The molecule has 1 aromatic rings. The molecule has 1 fully saturated rings. The highest BCUT2D eigenvalue weighted by Crippen LogP contribution is 2.29. The number of hydrogen-bond donors (Lipinski definition) is 0. The van der Waals surface area contributed by atoms with Gasteiger partial charge < -0.3 is 0 Å². The third-order valence-electron chi connectivity index (χ3n) is 3.81. The van der Waals surface area contributed by atoms with Gasteiger partial charge in [-0.3, -0.25) is 9.48 Å². The van der Waals surface area contributed by atoms with Gasteiger partial charge >= 0.3 is 0 Å². The van der Waals surface area contributed by atoms with Crippen molar-refractivity contribution in [3.8, 4) is 0 Å². The van der Waals surface area contributed by atoms with Gasteiger partial charge in [0.25, 0.3) is 0 Å². The molecule has 0 amide bonds. The Morgan fingerprint density at radius 2 is 2.17 bits per heavy atom. The van der Waals surface area contributed by atoms with Crippen LogP contribution in [0, 0.1) is 5.92 Å². The van der Waals surface area contributed by atoms with Gasteiger partial charge in [0.1, 0.15) is 5.78 Å². The van der Waals surface area contributed by atoms with Crippen LogP contribution in [0.3, 0.4) is 0 Å². The van der Waals surface area contributed by atoms with Gasteiger partial charge in [0.05, 0.1) is 15.9 Å². The Balaban J connectivity index is 2.21. The molecule has 18 heavy (non-hydrogen) atoms. The summed E-state index contributed by atoms with van der Waals surface area (Å²) in [6.45, 7) is 5.09. The number of Topliss-reactive ketones (excluding diaryl/α,β-unsaturated/α-hetero) is 1. The van der Waals surface area contributed by atoms with Gasteiger partial charge in [-0.15, -0.1) is 0 Å². The molecular weight excluding hydrogens is 292 g/mol. The van der Waals surface area contributed by atoms with Crippen molar-refractivity contribution in [2.24, 2.45) is 5.92 Å². The molecule has 0 radical (unpaired) electrons. The second kappa shape index (κ2) is 6.00. The van der Waals surface area contributed by atoms with Crippen molar-refractivity contribution in [3.63, 3.8) is 0 Å². The third-order valence-corrected chi connectivity index (χ3v) is 4.73. The summed E-state index contributed by atoms with van der Waals surface area (Å²) in [5, 5.41) is 4.60. The summed E-state index contributed by atoms with van der Waals surface area (Å²) < 4.78 is 3.16. The number of halogens is 1. The fraction of sp³-hybridized carbons (Fsp3) is 0.714. The van der Waals surface area contributed by atoms with Crippen molar-refractivity contribution in [1.29, 1.82) is 0 Å². The molecule has 1 aliphatic rings. The quantitative estimate of drug-likeness (QED) is 0.852. The molecule has 1 atom stereocenters. The van der Waals surface area contributed by atoms with E-state index in [0.29, 0.717) is 5.78 Å². The second-order valence-corrected chi connectivity index (χ2v) is 5.78. The van der Waals surface area contributed by atoms with Gasteiger partial charge in [-0.25, -0.2) is 0 Å². The van der Waals surface area contributed by atoms with E-state index in [2.05, 4.69) is 34.9 Å². The predicted molar refractivity (Wildman–Crippen MR) is 75.6 cm³/mol. The van der Waals surface area contributed by atoms with Crippen LogP contribution in [0.2, 0.25) is 0 Å². The van der Waals surface area contributed by atoms with Gasteiger partial charge in [-0.2, -0.15) is 5.10 Å². The number of aromatic nitrogens is 2. The highest BCUT2D eigenvalue weighted by atomic mass is 79.9. The van der Waals surface area contributed by atoms with E-state index in [0.717, 1.165) is 48.8 Å². The van der Waals surface area contributed by atoms with Gasteiger partial charge in [0, 0.05) is 25.3 Å². The van der Waals surface area contributed by atoms with Gasteiger partial charge in [-0.05, 0) is 42.1 Å². The Bertz CT molecular complexity index is 439. The molecule has 100 valence electrons. The summed E-state index contributed by atoms with van der Waals surface area (Å²) in [6.07, 6.45) is 5.85. The number of aryl methyl sites for hydroxylation is 2.